The summed E-state index contributed by atoms with van der Waals surface area (Å²) in [5.74, 6) is -1.02. The van der Waals surface area contributed by atoms with Crippen LogP contribution in [-0.4, -0.2) is 23.2 Å². The summed E-state index contributed by atoms with van der Waals surface area (Å²) >= 11 is 0. The van der Waals surface area contributed by atoms with Crippen LogP contribution in [0, 0.1) is 0 Å². The summed E-state index contributed by atoms with van der Waals surface area (Å²) in [6.07, 6.45) is 4.26. The van der Waals surface area contributed by atoms with Crippen molar-refractivity contribution in [1.29, 1.82) is 0 Å². The number of nitrogens with one attached hydrogen (secondary N) is 2. The molecule has 3 aromatic rings. The van der Waals surface area contributed by atoms with Gasteiger partial charge in [-0.25, -0.2) is 10.9 Å². The predicted octanol–water partition coefficient (Wildman–Crippen LogP) is 3.12. The highest BCUT2D eigenvalue weighted by Crippen LogP contribution is 2.16. The molecule has 27 heavy (non-hydrogen) atoms. The second-order valence-electron chi connectivity index (χ2n) is 5.70. The zero-order valence-electron chi connectivity index (χ0n) is 14.3. The van der Waals surface area contributed by atoms with Crippen molar-refractivity contribution in [3.05, 3.63) is 89.5 Å². The van der Waals surface area contributed by atoms with Crippen LogP contribution in [0.5, 0.6) is 0 Å². The number of hydrogen-bond acceptors (Lipinski definition) is 4. The zero-order valence-corrected chi connectivity index (χ0v) is 14.3. The number of nitrogens with zero attached hydrogens (tertiary/aromatic N) is 1. The molecule has 6 nitrogen and oxygen atoms in total. The highest BCUT2D eigenvalue weighted by Gasteiger charge is 2.04. The van der Waals surface area contributed by atoms with E-state index in [0.717, 1.165) is 22.4 Å². The topological polar surface area (TPSA) is 90.8 Å². The van der Waals surface area contributed by atoms with Crippen molar-refractivity contribution in [3.8, 4) is 0 Å². The second-order valence-corrected chi connectivity index (χ2v) is 5.70. The minimum absolute atomic E-state index is 0.367. The summed E-state index contributed by atoms with van der Waals surface area (Å²) < 4.78 is 0. The van der Waals surface area contributed by atoms with Gasteiger partial charge in [0.25, 0.3) is 11.8 Å². The fourth-order valence-corrected chi connectivity index (χ4v) is 2.58. The minimum atomic E-state index is -0.649. The molecule has 3 rings (SSSR count). The molecule has 3 N–H and O–H groups in total. The molecular formula is C21H17N3O3. The van der Waals surface area contributed by atoms with Crippen LogP contribution in [-0.2, 0) is 4.79 Å². The van der Waals surface area contributed by atoms with Crippen molar-refractivity contribution < 1.29 is 14.8 Å². The van der Waals surface area contributed by atoms with Crippen molar-refractivity contribution in [1.82, 2.24) is 10.9 Å². The number of hydroxylamine groups is 1. The van der Waals surface area contributed by atoms with Gasteiger partial charge >= 0.3 is 0 Å². The first kappa shape index (κ1) is 18.0. The maximum atomic E-state index is 12.3. The van der Waals surface area contributed by atoms with Crippen LogP contribution in [0.1, 0.15) is 21.5 Å². The molecule has 0 aliphatic heterocycles. The second kappa shape index (κ2) is 8.55. The van der Waals surface area contributed by atoms with Crippen LogP contribution in [0.4, 0.5) is 0 Å². The molecule has 0 aromatic heterocycles. The Morgan fingerprint density at radius 1 is 0.963 bits per heavy atom. The van der Waals surface area contributed by atoms with Gasteiger partial charge < -0.3 is 0 Å². The molecule has 0 saturated heterocycles. The molecule has 134 valence electrons. The quantitative estimate of drug-likeness (QED) is 0.283. The minimum Gasteiger partial charge on any atom is -0.288 e. The van der Waals surface area contributed by atoms with Crippen molar-refractivity contribution in [2.24, 2.45) is 5.10 Å². The molecule has 0 atom stereocenters. The van der Waals surface area contributed by atoms with Gasteiger partial charge in [0, 0.05) is 17.2 Å². The lowest BCUT2D eigenvalue weighted by Gasteiger charge is -2.03. The van der Waals surface area contributed by atoms with Gasteiger partial charge in [-0.2, -0.15) is 5.10 Å². The largest absolute Gasteiger partial charge is 0.288 e. The molecule has 0 aliphatic carbocycles. The Morgan fingerprint density at radius 2 is 1.74 bits per heavy atom. The fraction of sp³-hybridized carbons (Fsp3) is 0. The monoisotopic (exact) mass is 359 g/mol. The van der Waals surface area contributed by atoms with Gasteiger partial charge in [0.15, 0.2) is 0 Å². The number of benzene rings is 3. The molecule has 0 spiro atoms. The Labute approximate surface area is 155 Å². The number of amides is 2. The molecular weight excluding hydrogens is 342 g/mol. The third-order valence-electron chi connectivity index (χ3n) is 3.88. The third kappa shape index (κ3) is 4.65. The lowest BCUT2D eigenvalue weighted by atomic mass is 10.1. The Balaban J connectivity index is 1.71. The van der Waals surface area contributed by atoms with E-state index in [1.807, 2.05) is 42.5 Å². The lowest BCUT2D eigenvalue weighted by molar-refractivity contribution is -0.124. The maximum Gasteiger partial charge on any atom is 0.271 e. The standard InChI is InChI=1S/C21H17N3O3/c25-20(24-27)12-11-15-5-3-8-17(13-15)21(26)23-22-14-18-9-4-7-16-6-1-2-10-19(16)18/h1-14,27H,(H,23,26)(H,24,25). The summed E-state index contributed by atoms with van der Waals surface area (Å²) in [5.41, 5.74) is 5.95. The van der Waals surface area contributed by atoms with Crippen LogP contribution >= 0.6 is 0 Å². The van der Waals surface area contributed by atoms with E-state index in [4.69, 9.17) is 5.21 Å². The highest BCUT2D eigenvalue weighted by atomic mass is 16.5. The first-order valence-electron chi connectivity index (χ1n) is 8.21. The Morgan fingerprint density at radius 3 is 2.59 bits per heavy atom. The van der Waals surface area contributed by atoms with E-state index in [1.54, 1.807) is 30.5 Å². The average Bonchev–Trinajstić information content (AvgIpc) is 2.72. The molecule has 0 heterocycles. The SMILES string of the molecule is O=C(C=Cc1cccc(C(=O)NN=Cc2cccc3ccccc23)c1)NO. The van der Waals surface area contributed by atoms with Gasteiger partial charge in [-0.3, -0.25) is 14.8 Å². The Kier molecular flexibility index (Phi) is 5.71. The smallest absolute Gasteiger partial charge is 0.271 e. The van der Waals surface area contributed by atoms with Crippen LogP contribution in [0.25, 0.3) is 16.8 Å². The van der Waals surface area contributed by atoms with Crippen LogP contribution in [0.15, 0.2) is 77.9 Å². The molecule has 6 heteroatoms. The summed E-state index contributed by atoms with van der Waals surface area (Å²) in [6.45, 7) is 0. The fourth-order valence-electron chi connectivity index (χ4n) is 2.58. The van der Waals surface area contributed by atoms with Crippen molar-refractivity contribution in [3.63, 3.8) is 0 Å². The van der Waals surface area contributed by atoms with E-state index in [0.29, 0.717) is 11.1 Å². The van der Waals surface area contributed by atoms with Crippen molar-refractivity contribution in [2.75, 3.05) is 0 Å². The molecule has 0 radical (unpaired) electrons. The number of carbonyl (C=O) groups excluding carboxylic acids is 2. The molecule has 0 aliphatic rings. The van der Waals surface area contributed by atoms with Crippen LogP contribution in [0.3, 0.4) is 0 Å². The van der Waals surface area contributed by atoms with Gasteiger partial charge in [0.2, 0.25) is 0 Å². The van der Waals surface area contributed by atoms with Gasteiger partial charge in [0.05, 0.1) is 6.21 Å². The Hall–Kier alpha value is -3.77. The summed E-state index contributed by atoms with van der Waals surface area (Å²) in [4.78, 5) is 23.3. The van der Waals surface area contributed by atoms with Gasteiger partial charge in [-0.05, 0) is 34.5 Å². The van der Waals surface area contributed by atoms with Gasteiger partial charge in [-0.1, -0.05) is 54.6 Å². The summed E-state index contributed by atoms with van der Waals surface area (Å²) in [6, 6.07) is 20.5. The van der Waals surface area contributed by atoms with Crippen LogP contribution in [0.2, 0.25) is 0 Å². The van der Waals surface area contributed by atoms with E-state index in [1.165, 1.54) is 11.6 Å². The summed E-state index contributed by atoms with van der Waals surface area (Å²) in [7, 11) is 0. The molecule has 0 fully saturated rings. The first-order valence-corrected chi connectivity index (χ1v) is 8.21. The summed E-state index contributed by atoms with van der Waals surface area (Å²) in [5, 5.41) is 14.7. The number of hydrogen-bond donors (Lipinski definition) is 3. The van der Waals surface area contributed by atoms with Gasteiger partial charge in [-0.15, -0.1) is 0 Å². The zero-order chi connectivity index (χ0) is 19.1. The van der Waals surface area contributed by atoms with Crippen molar-refractivity contribution in [2.45, 2.75) is 0 Å². The Bertz CT molecular complexity index is 1040. The highest BCUT2D eigenvalue weighted by molar-refractivity contribution is 6.01. The number of rotatable bonds is 5. The molecule has 0 saturated carbocycles. The van der Waals surface area contributed by atoms with E-state index in [9.17, 15) is 9.59 Å². The third-order valence-corrected chi connectivity index (χ3v) is 3.88. The van der Waals surface area contributed by atoms with Crippen molar-refractivity contribution >= 4 is 34.9 Å². The first-order chi connectivity index (χ1) is 13.2. The maximum absolute atomic E-state index is 12.3. The molecule has 0 bridgehead atoms. The van der Waals surface area contributed by atoms with E-state index >= 15 is 0 Å². The molecule has 0 unspecified atom stereocenters. The van der Waals surface area contributed by atoms with Gasteiger partial charge in [0.1, 0.15) is 0 Å². The number of carbonyl (C=O) groups is 2. The van der Waals surface area contributed by atoms with E-state index in [2.05, 4.69) is 10.5 Å². The molecule has 3 aromatic carbocycles. The average molecular weight is 359 g/mol. The van der Waals surface area contributed by atoms with E-state index in [-0.39, 0.29) is 5.91 Å². The number of fused-ring (bicyclic) bond motifs is 1. The van der Waals surface area contributed by atoms with Crippen LogP contribution < -0.4 is 10.9 Å². The number of hydrazone groups is 1. The van der Waals surface area contributed by atoms with E-state index < -0.39 is 5.91 Å². The normalized spacial score (nSPS) is 11.1. The lowest BCUT2D eigenvalue weighted by Crippen LogP contribution is -2.17. The predicted molar refractivity (Wildman–Crippen MR) is 104 cm³/mol. The molecule has 2 amide bonds.